The summed E-state index contributed by atoms with van der Waals surface area (Å²) < 4.78 is 6.12. The summed E-state index contributed by atoms with van der Waals surface area (Å²) in [6.07, 6.45) is 1.44. The maximum absolute atomic E-state index is 13.3. The second kappa shape index (κ2) is 10.1. The Morgan fingerprint density at radius 1 is 1.06 bits per heavy atom. The van der Waals surface area contributed by atoms with Crippen molar-refractivity contribution in [3.63, 3.8) is 0 Å². The molecule has 1 saturated carbocycles. The fourth-order valence-corrected chi connectivity index (χ4v) is 4.42. The van der Waals surface area contributed by atoms with Gasteiger partial charge >= 0.3 is 5.97 Å². The van der Waals surface area contributed by atoms with Crippen molar-refractivity contribution in [2.24, 2.45) is 5.92 Å². The van der Waals surface area contributed by atoms with E-state index in [1.807, 2.05) is 61.5 Å². The molecular weight excluding hydrogens is 426 g/mol. The fraction of sp³-hybridized carbons (Fsp3) is 0.310. The minimum atomic E-state index is -0.762. The van der Waals surface area contributed by atoms with Crippen molar-refractivity contribution in [3.8, 4) is 5.75 Å². The number of anilines is 1. The minimum absolute atomic E-state index is 0.0151. The van der Waals surface area contributed by atoms with Gasteiger partial charge in [0.15, 0.2) is 0 Å². The number of carbonyl (C=O) groups is 2. The highest BCUT2D eigenvalue weighted by molar-refractivity contribution is 6.06. The van der Waals surface area contributed by atoms with Crippen LogP contribution in [0.15, 0.2) is 66.7 Å². The first-order valence-corrected chi connectivity index (χ1v) is 11.8. The molecule has 0 bridgehead atoms. The first-order chi connectivity index (χ1) is 16.3. The Morgan fingerprint density at radius 3 is 2.50 bits per heavy atom. The van der Waals surface area contributed by atoms with Gasteiger partial charge in [0.1, 0.15) is 5.75 Å². The van der Waals surface area contributed by atoms with Gasteiger partial charge in [0, 0.05) is 23.2 Å². The monoisotopic (exact) mass is 457 g/mol. The number of nitrogens with one attached hydrogen (secondary N) is 1. The SMILES string of the molecule is Cc1ccc([C@H]2C[C@H]2C(=O)O)cc1NC(=O)c1cccc(OCCc2ccccc2)c1C(C)C. The average Bonchev–Trinajstić information content (AvgIpc) is 3.62. The van der Waals surface area contributed by atoms with Crippen molar-refractivity contribution in [1.82, 2.24) is 0 Å². The largest absolute Gasteiger partial charge is 0.493 e. The molecule has 2 N–H and O–H groups in total. The molecule has 1 amide bonds. The first kappa shape index (κ1) is 23.6. The standard InChI is InChI=1S/C29H31NO4/c1-18(2)27-22(10-7-11-26(27)34-15-14-20-8-5-4-6-9-20)28(31)30-25-16-21(13-12-19(25)3)23-17-24(23)29(32)33/h4-13,16,18,23-24H,14-15,17H2,1-3H3,(H,30,31)(H,32,33)/t23-,24-/m1/s1. The third-order valence-electron chi connectivity index (χ3n) is 6.42. The Kier molecular flexibility index (Phi) is 7.01. The van der Waals surface area contributed by atoms with Gasteiger partial charge in [-0.15, -0.1) is 0 Å². The zero-order valence-corrected chi connectivity index (χ0v) is 19.9. The molecule has 0 unspecified atom stereocenters. The van der Waals surface area contributed by atoms with Crippen LogP contribution in [0.2, 0.25) is 0 Å². The summed E-state index contributed by atoms with van der Waals surface area (Å²) in [6, 6.07) is 21.6. The highest BCUT2D eigenvalue weighted by atomic mass is 16.5. The fourth-order valence-electron chi connectivity index (χ4n) is 4.42. The number of aryl methyl sites for hydroxylation is 1. The van der Waals surface area contributed by atoms with Gasteiger partial charge in [0.25, 0.3) is 5.91 Å². The second-order valence-corrected chi connectivity index (χ2v) is 9.27. The number of aliphatic carboxylic acids is 1. The van der Waals surface area contributed by atoms with Crippen molar-refractivity contribution in [1.29, 1.82) is 0 Å². The summed E-state index contributed by atoms with van der Waals surface area (Å²) in [5, 5.41) is 12.3. The maximum Gasteiger partial charge on any atom is 0.307 e. The van der Waals surface area contributed by atoms with E-state index >= 15 is 0 Å². The van der Waals surface area contributed by atoms with Gasteiger partial charge in [0.2, 0.25) is 0 Å². The molecule has 0 spiro atoms. The van der Waals surface area contributed by atoms with E-state index in [0.717, 1.165) is 28.9 Å². The molecule has 2 atom stereocenters. The van der Waals surface area contributed by atoms with Gasteiger partial charge in [-0.25, -0.2) is 0 Å². The minimum Gasteiger partial charge on any atom is -0.493 e. The number of carboxylic acid groups (broad SMARTS) is 1. The van der Waals surface area contributed by atoms with E-state index < -0.39 is 5.97 Å². The Morgan fingerprint density at radius 2 is 1.82 bits per heavy atom. The lowest BCUT2D eigenvalue weighted by atomic mass is 9.95. The second-order valence-electron chi connectivity index (χ2n) is 9.27. The van der Waals surface area contributed by atoms with Crippen LogP contribution in [0.25, 0.3) is 0 Å². The van der Waals surface area contributed by atoms with Gasteiger partial charge < -0.3 is 15.2 Å². The summed E-state index contributed by atoms with van der Waals surface area (Å²) in [5.74, 6) is -0.440. The van der Waals surface area contributed by atoms with Crippen LogP contribution in [0.5, 0.6) is 5.75 Å². The molecule has 1 aliphatic rings. The third-order valence-corrected chi connectivity index (χ3v) is 6.42. The van der Waals surface area contributed by atoms with Gasteiger partial charge in [-0.3, -0.25) is 9.59 Å². The molecule has 0 aromatic heterocycles. The maximum atomic E-state index is 13.3. The Hall–Kier alpha value is -3.60. The Bertz CT molecular complexity index is 1190. The molecule has 176 valence electrons. The van der Waals surface area contributed by atoms with Gasteiger partial charge in [0.05, 0.1) is 12.5 Å². The van der Waals surface area contributed by atoms with Crippen molar-refractivity contribution >= 4 is 17.6 Å². The molecule has 5 nitrogen and oxygen atoms in total. The number of amides is 1. The molecule has 34 heavy (non-hydrogen) atoms. The molecule has 5 heteroatoms. The summed E-state index contributed by atoms with van der Waals surface area (Å²) in [6.45, 7) is 6.58. The van der Waals surface area contributed by atoms with Gasteiger partial charge in [-0.05, 0) is 60.1 Å². The van der Waals surface area contributed by atoms with Crippen LogP contribution < -0.4 is 10.1 Å². The first-order valence-electron chi connectivity index (χ1n) is 11.8. The van der Waals surface area contributed by atoms with Crippen molar-refractivity contribution in [2.45, 2.75) is 45.4 Å². The summed E-state index contributed by atoms with van der Waals surface area (Å²) >= 11 is 0. The van der Waals surface area contributed by atoms with E-state index in [0.29, 0.717) is 24.3 Å². The molecule has 0 radical (unpaired) electrons. The van der Waals surface area contributed by atoms with Crippen molar-refractivity contribution in [2.75, 3.05) is 11.9 Å². The van der Waals surface area contributed by atoms with E-state index in [-0.39, 0.29) is 23.7 Å². The van der Waals surface area contributed by atoms with Crippen LogP contribution in [0.1, 0.15) is 64.7 Å². The molecule has 3 aromatic carbocycles. The number of carbonyl (C=O) groups excluding carboxylic acids is 1. The van der Waals surface area contributed by atoms with E-state index in [1.165, 1.54) is 5.56 Å². The average molecular weight is 458 g/mol. The van der Waals surface area contributed by atoms with Crippen LogP contribution >= 0.6 is 0 Å². The Balaban J connectivity index is 1.52. The van der Waals surface area contributed by atoms with Gasteiger partial charge in [-0.2, -0.15) is 0 Å². The molecule has 0 heterocycles. The molecule has 0 aliphatic heterocycles. The number of hydrogen-bond donors (Lipinski definition) is 2. The van der Waals surface area contributed by atoms with Crippen molar-refractivity contribution in [3.05, 3.63) is 94.5 Å². The summed E-state index contributed by atoms with van der Waals surface area (Å²) in [7, 11) is 0. The van der Waals surface area contributed by atoms with Crippen LogP contribution in [0, 0.1) is 12.8 Å². The molecule has 4 rings (SSSR count). The topological polar surface area (TPSA) is 75.6 Å². The van der Waals surface area contributed by atoms with Crippen LogP contribution in [-0.2, 0) is 11.2 Å². The molecule has 3 aromatic rings. The molecule has 1 fully saturated rings. The highest BCUT2D eigenvalue weighted by Gasteiger charge is 2.44. The molecule has 0 saturated heterocycles. The highest BCUT2D eigenvalue weighted by Crippen LogP contribution is 2.48. The van der Waals surface area contributed by atoms with Crippen LogP contribution in [-0.4, -0.2) is 23.6 Å². The summed E-state index contributed by atoms with van der Waals surface area (Å²) in [5.41, 5.74) is 5.28. The third kappa shape index (κ3) is 5.30. The lowest BCUT2D eigenvalue weighted by molar-refractivity contribution is -0.138. The zero-order chi connectivity index (χ0) is 24.2. The predicted molar refractivity (Wildman–Crippen MR) is 134 cm³/mol. The number of hydrogen-bond acceptors (Lipinski definition) is 3. The van der Waals surface area contributed by atoms with Gasteiger partial charge in [-0.1, -0.05) is 62.4 Å². The van der Waals surface area contributed by atoms with Crippen molar-refractivity contribution < 1.29 is 19.4 Å². The Labute approximate surface area is 200 Å². The predicted octanol–water partition coefficient (Wildman–Crippen LogP) is 6.18. The van der Waals surface area contributed by atoms with Crippen LogP contribution in [0.4, 0.5) is 5.69 Å². The number of rotatable bonds is 9. The summed E-state index contributed by atoms with van der Waals surface area (Å²) in [4.78, 5) is 24.6. The van der Waals surface area contributed by atoms with Crippen LogP contribution in [0.3, 0.4) is 0 Å². The number of carboxylic acids is 1. The van der Waals surface area contributed by atoms with E-state index in [1.54, 1.807) is 0 Å². The lowest BCUT2D eigenvalue weighted by Gasteiger charge is -2.19. The molecular formula is C29H31NO4. The molecule has 1 aliphatic carbocycles. The smallest absolute Gasteiger partial charge is 0.307 e. The lowest BCUT2D eigenvalue weighted by Crippen LogP contribution is -2.17. The van der Waals surface area contributed by atoms with E-state index in [4.69, 9.17) is 4.74 Å². The van der Waals surface area contributed by atoms with E-state index in [9.17, 15) is 14.7 Å². The quantitative estimate of drug-likeness (QED) is 0.402. The normalized spacial score (nSPS) is 16.8. The number of ether oxygens (including phenoxy) is 1. The zero-order valence-electron chi connectivity index (χ0n) is 19.9. The van der Waals surface area contributed by atoms with E-state index in [2.05, 4.69) is 31.3 Å². The number of benzene rings is 3.